The SMILES string of the molecule is CC(C)c1cc(-c2ccc(-c3ccccc3)cc2)cc(C(C)C)c1-n1c(-c2[c-]ccc3c2oc2c(C#N)c(-c4ccccc4)ccc23)nc2ccccc21.[Ir].[c-]1ccccc1-c1ccccn1. The van der Waals surface area contributed by atoms with E-state index in [1.54, 1.807) is 6.20 Å². The number of hydrogen-bond acceptors (Lipinski definition) is 4. The molecule has 11 rings (SSSR count). The molecule has 0 aliphatic heterocycles. The van der Waals surface area contributed by atoms with Crippen molar-refractivity contribution in [2.75, 3.05) is 0 Å². The summed E-state index contributed by atoms with van der Waals surface area (Å²) in [6.07, 6.45) is 1.79. The van der Waals surface area contributed by atoms with Gasteiger partial charge in [-0.15, -0.1) is 54.1 Å². The quantitative estimate of drug-likeness (QED) is 0.142. The number of rotatable bonds is 8. The van der Waals surface area contributed by atoms with E-state index in [2.05, 4.69) is 146 Å². The fraction of sp³-hybridized carbons (Fsp3) is 0.0984. The number of nitriles is 1. The number of nitrogens with zero attached hydrogens (tertiary/aromatic N) is 4. The first-order valence-electron chi connectivity index (χ1n) is 22.4. The Morgan fingerprint density at radius 1 is 0.567 bits per heavy atom. The zero-order valence-corrected chi connectivity index (χ0v) is 40.1. The fourth-order valence-corrected chi connectivity index (χ4v) is 8.91. The maximum Gasteiger partial charge on any atom is 0.139 e. The van der Waals surface area contributed by atoms with E-state index >= 15 is 0 Å². The first-order chi connectivity index (χ1) is 32.4. The van der Waals surface area contributed by atoms with E-state index < -0.39 is 0 Å². The van der Waals surface area contributed by atoms with Crippen LogP contribution in [0.4, 0.5) is 0 Å². The molecular weight excluding hydrogens is 997 g/mol. The summed E-state index contributed by atoms with van der Waals surface area (Å²) in [5.41, 5.74) is 16.7. The molecule has 1 radical (unpaired) electrons. The number of furan rings is 1. The molecule has 5 nitrogen and oxygen atoms in total. The van der Waals surface area contributed by atoms with Crippen LogP contribution in [0.3, 0.4) is 0 Å². The van der Waals surface area contributed by atoms with Gasteiger partial charge in [0.25, 0.3) is 0 Å². The minimum Gasteiger partial charge on any atom is -0.499 e. The van der Waals surface area contributed by atoms with Crippen LogP contribution >= 0.6 is 0 Å². The van der Waals surface area contributed by atoms with Crippen LogP contribution in [0.5, 0.6) is 0 Å². The second-order valence-electron chi connectivity index (χ2n) is 17.0. The number of pyridine rings is 1. The maximum absolute atomic E-state index is 10.5. The van der Waals surface area contributed by atoms with Gasteiger partial charge >= 0.3 is 0 Å². The first-order valence-corrected chi connectivity index (χ1v) is 22.4. The minimum atomic E-state index is 0. The average molecular weight is 1040 g/mol. The topological polar surface area (TPSA) is 67.6 Å². The summed E-state index contributed by atoms with van der Waals surface area (Å²) in [6.45, 7) is 9.07. The van der Waals surface area contributed by atoms with Crippen LogP contribution in [0.1, 0.15) is 56.2 Å². The van der Waals surface area contributed by atoms with Crippen molar-refractivity contribution in [3.63, 3.8) is 0 Å². The molecule has 0 atom stereocenters. The van der Waals surface area contributed by atoms with Crippen molar-refractivity contribution in [2.45, 2.75) is 39.5 Å². The van der Waals surface area contributed by atoms with Gasteiger partial charge in [0, 0.05) is 42.9 Å². The van der Waals surface area contributed by atoms with E-state index in [9.17, 15) is 5.26 Å². The Kier molecular flexibility index (Phi) is 12.9. The molecule has 6 heteroatoms. The van der Waals surface area contributed by atoms with Crippen molar-refractivity contribution < 1.29 is 24.5 Å². The fourth-order valence-electron chi connectivity index (χ4n) is 8.91. The first kappa shape index (κ1) is 44.5. The Balaban J connectivity index is 0.000000375. The predicted octanol–water partition coefficient (Wildman–Crippen LogP) is 16.1. The summed E-state index contributed by atoms with van der Waals surface area (Å²) in [5.74, 6) is 1.19. The molecule has 3 aromatic heterocycles. The largest absolute Gasteiger partial charge is 0.499 e. The van der Waals surface area contributed by atoms with Crippen LogP contribution < -0.4 is 0 Å². The molecule has 8 aromatic carbocycles. The molecule has 67 heavy (non-hydrogen) atoms. The second kappa shape index (κ2) is 19.4. The summed E-state index contributed by atoms with van der Waals surface area (Å²) in [7, 11) is 0. The van der Waals surface area contributed by atoms with Crippen molar-refractivity contribution in [1.82, 2.24) is 14.5 Å². The van der Waals surface area contributed by atoms with Gasteiger partial charge in [-0.1, -0.05) is 160 Å². The van der Waals surface area contributed by atoms with Gasteiger partial charge in [0.15, 0.2) is 0 Å². The third kappa shape index (κ3) is 8.64. The Morgan fingerprint density at radius 3 is 1.82 bits per heavy atom. The summed E-state index contributed by atoms with van der Waals surface area (Å²) in [5, 5.41) is 12.3. The third-order valence-corrected chi connectivity index (χ3v) is 12.2. The van der Waals surface area contributed by atoms with Crippen molar-refractivity contribution in [3.8, 4) is 67.8 Å². The van der Waals surface area contributed by atoms with Gasteiger partial charge < -0.3 is 14.0 Å². The molecule has 0 N–H and O–H groups in total. The number of imidazole rings is 1. The monoisotopic (exact) mass is 1040 g/mol. The second-order valence-corrected chi connectivity index (χ2v) is 17.0. The van der Waals surface area contributed by atoms with E-state index in [0.29, 0.717) is 16.7 Å². The average Bonchev–Trinajstić information content (AvgIpc) is 3.96. The van der Waals surface area contributed by atoms with Gasteiger partial charge in [-0.2, -0.15) is 5.26 Å². The number of para-hydroxylation sites is 2. The summed E-state index contributed by atoms with van der Waals surface area (Å²) < 4.78 is 9.10. The van der Waals surface area contributed by atoms with E-state index in [1.165, 1.54) is 33.4 Å². The third-order valence-electron chi connectivity index (χ3n) is 12.2. The van der Waals surface area contributed by atoms with E-state index in [-0.39, 0.29) is 31.9 Å². The Morgan fingerprint density at radius 2 is 1.18 bits per heavy atom. The number of benzene rings is 8. The van der Waals surface area contributed by atoms with Gasteiger partial charge in [-0.3, -0.25) is 4.98 Å². The molecule has 0 spiro atoms. The molecule has 0 unspecified atom stereocenters. The van der Waals surface area contributed by atoms with Crippen molar-refractivity contribution in [1.29, 1.82) is 5.26 Å². The predicted molar refractivity (Wildman–Crippen MR) is 270 cm³/mol. The van der Waals surface area contributed by atoms with Crippen LogP contribution in [0.15, 0.2) is 199 Å². The van der Waals surface area contributed by atoms with Gasteiger partial charge in [0.05, 0.1) is 22.4 Å². The van der Waals surface area contributed by atoms with Crippen molar-refractivity contribution >= 4 is 33.0 Å². The molecule has 0 fully saturated rings. The Hall–Kier alpha value is -7.68. The number of aromatic nitrogens is 3. The van der Waals surface area contributed by atoms with Crippen LogP contribution in [-0.4, -0.2) is 14.5 Å². The van der Waals surface area contributed by atoms with Gasteiger partial charge in [0.2, 0.25) is 0 Å². The van der Waals surface area contributed by atoms with Gasteiger partial charge in [-0.05, 0) is 86.8 Å². The van der Waals surface area contributed by atoms with Crippen molar-refractivity contribution in [2.24, 2.45) is 0 Å². The molecule has 0 bridgehead atoms. The standard InChI is InChI=1S/C50H38N3O.C11H8N.Ir/c1-31(2)42-28-37(35-24-22-34(23-25-35)33-14-7-5-8-15-33)29-43(32(3)4)47(42)53-46-21-12-11-20-45(46)52-50(53)41-19-13-18-39-40-27-26-38(36-16-9-6-10-17-36)44(30-51)49(40)54-48(39)41;1-2-6-10(7-3-1)11-8-4-5-9-12-11;/h5-18,20-29,31-32H,1-4H3;1-6,8-9H;/q2*-1;. The van der Waals surface area contributed by atoms with E-state index in [0.717, 1.165) is 61.3 Å². The molecule has 3 heterocycles. The normalized spacial score (nSPS) is 11.1. The minimum absolute atomic E-state index is 0. The molecule has 0 amide bonds. The van der Waals surface area contributed by atoms with Gasteiger partial charge in [0.1, 0.15) is 17.2 Å². The van der Waals surface area contributed by atoms with Crippen LogP contribution in [0, 0.1) is 23.5 Å². The maximum atomic E-state index is 10.5. The van der Waals surface area contributed by atoms with Crippen molar-refractivity contribution in [3.05, 3.63) is 223 Å². The zero-order valence-electron chi connectivity index (χ0n) is 37.7. The smallest absolute Gasteiger partial charge is 0.139 e. The molecule has 11 aromatic rings. The van der Waals surface area contributed by atoms with Crippen LogP contribution in [0.25, 0.3) is 94.7 Å². The molecular formula is C61H46IrN4O-2. The summed E-state index contributed by atoms with van der Waals surface area (Å²) >= 11 is 0. The molecule has 327 valence electrons. The molecule has 0 saturated carbocycles. The number of fused-ring (bicyclic) bond motifs is 4. The Bertz CT molecular complexity index is 3450. The molecule has 0 aliphatic rings. The molecule has 0 saturated heterocycles. The van der Waals surface area contributed by atoms with E-state index in [4.69, 9.17) is 9.40 Å². The van der Waals surface area contributed by atoms with Crippen LogP contribution in [-0.2, 0) is 20.1 Å². The van der Waals surface area contributed by atoms with Crippen LogP contribution in [0.2, 0.25) is 0 Å². The van der Waals surface area contributed by atoms with Gasteiger partial charge in [-0.25, -0.2) is 0 Å². The zero-order chi connectivity index (χ0) is 45.1. The molecule has 0 aliphatic carbocycles. The summed E-state index contributed by atoms with van der Waals surface area (Å²) in [4.78, 5) is 9.53. The summed E-state index contributed by atoms with van der Waals surface area (Å²) in [6, 6.07) is 73.4. The number of hydrogen-bond donors (Lipinski definition) is 0. The van der Waals surface area contributed by atoms with E-state index in [1.807, 2.05) is 97.1 Å². The Labute approximate surface area is 405 Å².